The summed E-state index contributed by atoms with van der Waals surface area (Å²) in [5.74, 6) is 0.551. The molecule has 0 bridgehead atoms. The second-order valence-corrected chi connectivity index (χ2v) is 4.44. The molecule has 0 amide bonds. The highest BCUT2D eigenvalue weighted by Crippen LogP contribution is 2.35. The Bertz CT molecular complexity index is 506. The molecule has 18 heavy (non-hydrogen) atoms. The van der Waals surface area contributed by atoms with Gasteiger partial charge in [0, 0.05) is 21.7 Å². The van der Waals surface area contributed by atoms with E-state index < -0.39 is 0 Å². The summed E-state index contributed by atoms with van der Waals surface area (Å²) in [6, 6.07) is 3.63. The Morgan fingerprint density at radius 1 is 1.39 bits per heavy atom. The molecule has 0 N–H and O–H groups in total. The molecule has 3 nitrogen and oxygen atoms in total. The molecule has 0 saturated heterocycles. The number of halogens is 1. The van der Waals surface area contributed by atoms with Crippen molar-refractivity contribution in [3.63, 3.8) is 0 Å². The molecule has 0 unspecified atom stereocenters. The number of fused-ring (bicyclic) bond motifs is 1. The first-order valence-corrected chi connectivity index (χ1v) is 6.28. The Kier molecular flexibility index (Phi) is 3.92. The van der Waals surface area contributed by atoms with E-state index in [0.717, 1.165) is 23.3 Å². The fourth-order valence-electron chi connectivity index (χ4n) is 2.11. The summed E-state index contributed by atoms with van der Waals surface area (Å²) < 4.78 is 10.3. The molecular weight excluding hydrogens is 252 g/mol. The van der Waals surface area contributed by atoms with E-state index in [9.17, 15) is 4.79 Å². The van der Waals surface area contributed by atoms with Crippen molar-refractivity contribution in [2.24, 2.45) is 0 Å². The number of hydrogen-bond donors (Lipinski definition) is 0. The highest BCUT2D eigenvalue weighted by Gasteiger charge is 2.21. The molecule has 0 atom stereocenters. The van der Waals surface area contributed by atoms with Gasteiger partial charge < -0.3 is 9.47 Å². The van der Waals surface area contributed by atoms with Crippen LogP contribution in [0.3, 0.4) is 0 Å². The van der Waals surface area contributed by atoms with Crippen LogP contribution in [0, 0.1) is 0 Å². The van der Waals surface area contributed by atoms with Crippen LogP contribution >= 0.6 is 11.6 Å². The molecular formula is C14H15ClO3. The number of benzene rings is 1. The predicted octanol–water partition coefficient (Wildman–Crippen LogP) is 3.24. The van der Waals surface area contributed by atoms with E-state index in [1.165, 1.54) is 0 Å². The van der Waals surface area contributed by atoms with E-state index in [1.54, 1.807) is 20.1 Å². The lowest BCUT2D eigenvalue weighted by molar-refractivity contribution is -0.138. The molecule has 1 aromatic rings. The lowest BCUT2D eigenvalue weighted by Gasteiger charge is -2.19. The van der Waals surface area contributed by atoms with Gasteiger partial charge in [-0.2, -0.15) is 0 Å². The Morgan fingerprint density at radius 2 is 2.17 bits per heavy atom. The van der Waals surface area contributed by atoms with Gasteiger partial charge in [0.05, 0.1) is 13.7 Å². The largest absolute Gasteiger partial charge is 0.496 e. The molecule has 2 rings (SSSR count). The number of esters is 1. The van der Waals surface area contributed by atoms with Crippen LogP contribution in [0.25, 0.3) is 6.08 Å². The fraction of sp³-hybridized carbons (Fsp3) is 0.357. The third-order valence-electron chi connectivity index (χ3n) is 2.98. The highest BCUT2D eigenvalue weighted by atomic mass is 35.5. The molecule has 0 saturated carbocycles. The highest BCUT2D eigenvalue weighted by molar-refractivity contribution is 6.32. The zero-order chi connectivity index (χ0) is 13.1. The van der Waals surface area contributed by atoms with Gasteiger partial charge in [0.2, 0.25) is 0 Å². The summed E-state index contributed by atoms with van der Waals surface area (Å²) in [5.41, 5.74) is 2.59. The average molecular weight is 267 g/mol. The SMILES string of the molecule is CCOC(=O)C1=Cc2c(Cl)ccc(OC)c2CC1. The van der Waals surface area contributed by atoms with Crippen LogP contribution in [0.5, 0.6) is 5.75 Å². The zero-order valence-corrected chi connectivity index (χ0v) is 11.2. The van der Waals surface area contributed by atoms with Crippen LogP contribution in [0.4, 0.5) is 0 Å². The molecule has 0 aromatic heterocycles. The van der Waals surface area contributed by atoms with Gasteiger partial charge >= 0.3 is 5.97 Å². The molecule has 96 valence electrons. The molecule has 0 radical (unpaired) electrons. The molecule has 0 spiro atoms. The molecule has 1 aromatic carbocycles. The van der Waals surface area contributed by atoms with Crippen LogP contribution in [0.2, 0.25) is 5.02 Å². The van der Waals surface area contributed by atoms with Gasteiger partial charge in [-0.1, -0.05) is 11.6 Å². The van der Waals surface area contributed by atoms with Gasteiger partial charge in [0.25, 0.3) is 0 Å². The summed E-state index contributed by atoms with van der Waals surface area (Å²) in [5, 5.41) is 0.632. The maximum atomic E-state index is 11.7. The number of rotatable bonds is 3. The predicted molar refractivity (Wildman–Crippen MR) is 70.9 cm³/mol. The minimum atomic E-state index is -0.262. The van der Waals surface area contributed by atoms with Crippen molar-refractivity contribution in [1.82, 2.24) is 0 Å². The number of carbonyl (C=O) groups excluding carboxylic acids is 1. The molecule has 4 heteroatoms. The molecule has 1 aliphatic rings. The third kappa shape index (κ3) is 2.36. The van der Waals surface area contributed by atoms with Gasteiger partial charge in [-0.05, 0) is 38.0 Å². The van der Waals surface area contributed by atoms with Gasteiger partial charge in [-0.15, -0.1) is 0 Å². The minimum Gasteiger partial charge on any atom is -0.496 e. The molecule has 0 heterocycles. The number of ether oxygens (including phenoxy) is 2. The summed E-state index contributed by atoms with van der Waals surface area (Å²) in [6.07, 6.45) is 3.20. The minimum absolute atomic E-state index is 0.262. The summed E-state index contributed by atoms with van der Waals surface area (Å²) >= 11 is 6.17. The Morgan fingerprint density at radius 3 is 2.83 bits per heavy atom. The average Bonchev–Trinajstić information content (AvgIpc) is 2.39. The number of hydrogen-bond acceptors (Lipinski definition) is 3. The van der Waals surface area contributed by atoms with Crippen LogP contribution < -0.4 is 4.74 Å². The van der Waals surface area contributed by atoms with Crippen molar-refractivity contribution in [3.05, 3.63) is 33.9 Å². The van der Waals surface area contributed by atoms with E-state index in [-0.39, 0.29) is 5.97 Å². The van der Waals surface area contributed by atoms with E-state index in [1.807, 2.05) is 12.1 Å². The van der Waals surface area contributed by atoms with Crippen molar-refractivity contribution in [2.75, 3.05) is 13.7 Å². The maximum Gasteiger partial charge on any atom is 0.334 e. The van der Waals surface area contributed by atoms with E-state index in [4.69, 9.17) is 21.1 Å². The number of methoxy groups -OCH3 is 1. The van der Waals surface area contributed by atoms with Crippen molar-refractivity contribution in [2.45, 2.75) is 19.8 Å². The standard InChI is InChI=1S/C14H15ClO3/c1-3-18-14(16)9-4-5-10-11(8-9)12(15)6-7-13(10)17-2/h6-8H,3-5H2,1-2H3. The molecule has 0 fully saturated rings. The van der Waals surface area contributed by atoms with Crippen LogP contribution in [-0.2, 0) is 16.0 Å². The summed E-state index contributed by atoms with van der Waals surface area (Å²) in [4.78, 5) is 11.7. The van der Waals surface area contributed by atoms with Gasteiger partial charge in [0.15, 0.2) is 0 Å². The first kappa shape index (κ1) is 13.0. The third-order valence-corrected chi connectivity index (χ3v) is 3.31. The van der Waals surface area contributed by atoms with Crippen molar-refractivity contribution in [1.29, 1.82) is 0 Å². The quantitative estimate of drug-likeness (QED) is 0.788. The van der Waals surface area contributed by atoms with Crippen molar-refractivity contribution < 1.29 is 14.3 Å². The Balaban J connectivity index is 2.42. The zero-order valence-electron chi connectivity index (χ0n) is 10.5. The van der Waals surface area contributed by atoms with Gasteiger partial charge in [0.1, 0.15) is 5.75 Å². The summed E-state index contributed by atoms with van der Waals surface area (Å²) in [6.45, 7) is 2.18. The number of carbonyl (C=O) groups is 1. The smallest absolute Gasteiger partial charge is 0.334 e. The summed E-state index contributed by atoms with van der Waals surface area (Å²) in [7, 11) is 1.63. The Hall–Kier alpha value is -1.48. The van der Waals surface area contributed by atoms with Gasteiger partial charge in [-0.25, -0.2) is 4.79 Å². The lowest BCUT2D eigenvalue weighted by atomic mass is 9.91. The first-order chi connectivity index (χ1) is 8.67. The van der Waals surface area contributed by atoms with Crippen LogP contribution in [-0.4, -0.2) is 19.7 Å². The Labute approximate surface area is 111 Å². The normalized spacial score (nSPS) is 13.6. The van der Waals surface area contributed by atoms with Crippen LogP contribution in [0.1, 0.15) is 24.5 Å². The second kappa shape index (κ2) is 5.44. The molecule has 1 aliphatic carbocycles. The van der Waals surface area contributed by atoms with Crippen LogP contribution in [0.15, 0.2) is 17.7 Å². The first-order valence-electron chi connectivity index (χ1n) is 5.90. The topological polar surface area (TPSA) is 35.5 Å². The second-order valence-electron chi connectivity index (χ2n) is 4.03. The lowest BCUT2D eigenvalue weighted by Crippen LogP contribution is -2.12. The molecule has 0 aliphatic heterocycles. The van der Waals surface area contributed by atoms with Crippen molar-refractivity contribution >= 4 is 23.6 Å². The van der Waals surface area contributed by atoms with E-state index >= 15 is 0 Å². The van der Waals surface area contributed by atoms with E-state index in [2.05, 4.69) is 0 Å². The van der Waals surface area contributed by atoms with Crippen molar-refractivity contribution in [3.8, 4) is 5.75 Å². The fourth-order valence-corrected chi connectivity index (χ4v) is 2.34. The monoisotopic (exact) mass is 266 g/mol. The van der Waals surface area contributed by atoms with Gasteiger partial charge in [-0.3, -0.25) is 0 Å². The maximum absolute atomic E-state index is 11.7. The van der Waals surface area contributed by atoms with E-state index in [0.29, 0.717) is 23.6 Å².